The molecule has 0 aromatic carbocycles. The van der Waals surface area contributed by atoms with Crippen LogP contribution in [0.5, 0.6) is 0 Å². The second-order valence-electron chi connectivity index (χ2n) is 4.48. The first-order chi connectivity index (χ1) is 10.5. The molecule has 1 heterocycles. The molecule has 1 aromatic heterocycles. The Bertz CT molecular complexity index is 557. The molecule has 0 aliphatic heterocycles. The number of nitrogens with zero attached hydrogens (tertiary/aromatic N) is 2. The van der Waals surface area contributed by atoms with Crippen molar-refractivity contribution in [1.82, 2.24) is 15.7 Å². The van der Waals surface area contributed by atoms with Gasteiger partial charge in [0.1, 0.15) is 5.82 Å². The Hall–Kier alpha value is -2.77. The lowest BCUT2D eigenvalue weighted by Crippen LogP contribution is -2.33. The fourth-order valence-electron chi connectivity index (χ4n) is 1.41. The molecular formula is C14H19N5O3. The first-order valence-electron chi connectivity index (χ1n) is 6.85. The fourth-order valence-corrected chi connectivity index (χ4v) is 1.41. The molecule has 0 spiro atoms. The smallest absolute Gasteiger partial charge is 0.329 e. The molecule has 1 rings (SSSR count). The molecule has 0 bridgehead atoms. The lowest BCUT2D eigenvalue weighted by atomic mass is 10.3. The van der Waals surface area contributed by atoms with Crippen LogP contribution in [0.2, 0.25) is 0 Å². The molecule has 0 saturated carbocycles. The third-order valence-electron chi connectivity index (χ3n) is 2.45. The van der Waals surface area contributed by atoms with Crippen molar-refractivity contribution < 1.29 is 14.4 Å². The van der Waals surface area contributed by atoms with Crippen LogP contribution in [0.4, 0.5) is 5.82 Å². The van der Waals surface area contributed by atoms with E-state index in [1.54, 1.807) is 25.1 Å². The Kier molecular flexibility index (Phi) is 7.24. The molecule has 0 saturated heterocycles. The van der Waals surface area contributed by atoms with Crippen molar-refractivity contribution >= 4 is 29.3 Å². The molecule has 0 aliphatic carbocycles. The minimum atomic E-state index is -0.932. The third-order valence-corrected chi connectivity index (χ3v) is 2.45. The van der Waals surface area contributed by atoms with Gasteiger partial charge in [0.2, 0.25) is 5.91 Å². The van der Waals surface area contributed by atoms with Gasteiger partial charge in [0.25, 0.3) is 0 Å². The maximum atomic E-state index is 11.6. The quantitative estimate of drug-likeness (QED) is 0.402. The molecule has 8 nitrogen and oxygen atoms in total. The number of nitrogens with one attached hydrogen (secondary N) is 3. The van der Waals surface area contributed by atoms with Crippen molar-refractivity contribution in [1.29, 1.82) is 0 Å². The number of hydrogen-bond donors (Lipinski definition) is 3. The Morgan fingerprint density at radius 1 is 1.23 bits per heavy atom. The van der Waals surface area contributed by atoms with Crippen molar-refractivity contribution in [3.63, 3.8) is 0 Å². The second-order valence-corrected chi connectivity index (χ2v) is 4.48. The number of carbonyl (C=O) groups is 3. The first kappa shape index (κ1) is 17.3. The molecule has 1 aromatic rings. The highest BCUT2D eigenvalue weighted by atomic mass is 16.2. The van der Waals surface area contributed by atoms with Crippen LogP contribution in [-0.2, 0) is 14.4 Å². The number of amides is 3. The van der Waals surface area contributed by atoms with Crippen molar-refractivity contribution in [2.75, 3.05) is 11.9 Å². The maximum Gasteiger partial charge on any atom is 0.329 e. The van der Waals surface area contributed by atoms with Gasteiger partial charge in [0.15, 0.2) is 0 Å². The zero-order valence-electron chi connectivity index (χ0n) is 12.5. The summed E-state index contributed by atoms with van der Waals surface area (Å²) in [5.74, 6) is -1.73. The van der Waals surface area contributed by atoms with E-state index in [0.29, 0.717) is 12.3 Å². The third kappa shape index (κ3) is 6.60. The van der Waals surface area contributed by atoms with Gasteiger partial charge in [-0.25, -0.2) is 10.4 Å². The summed E-state index contributed by atoms with van der Waals surface area (Å²) in [6.07, 6.45) is 2.39. The minimum absolute atomic E-state index is 0.0577. The van der Waals surface area contributed by atoms with E-state index in [1.165, 1.54) is 6.20 Å². The van der Waals surface area contributed by atoms with Crippen molar-refractivity contribution in [3.8, 4) is 0 Å². The monoisotopic (exact) mass is 305 g/mol. The van der Waals surface area contributed by atoms with Gasteiger partial charge in [-0.15, -0.1) is 0 Å². The molecule has 0 fully saturated rings. The number of aromatic nitrogens is 1. The predicted molar refractivity (Wildman–Crippen MR) is 82.0 cm³/mol. The number of anilines is 1. The highest BCUT2D eigenvalue weighted by molar-refractivity contribution is 6.39. The Labute approximate surface area is 128 Å². The Morgan fingerprint density at radius 2 is 2.00 bits per heavy atom. The van der Waals surface area contributed by atoms with E-state index in [2.05, 4.69) is 26.1 Å². The van der Waals surface area contributed by atoms with E-state index in [9.17, 15) is 14.4 Å². The van der Waals surface area contributed by atoms with E-state index in [-0.39, 0.29) is 18.1 Å². The predicted octanol–water partition coefficient (Wildman–Crippen LogP) is 0.428. The Morgan fingerprint density at radius 3 is 2.64 bits per heavy atom. The van der Waals surface area contributed by atoms with Crippen LogP contribution < -0.4 is 16.1 Å². The summed E-state index contributed by atoms with van der Waals surface area (Å²) in [7, 11) is 0. The van der Waals surface area contributed by atoms with E-state index < -0.39 is 11.8 Å². The number of pyridine rings is 1. The van der Waals surface area contributed by atoms with Gasteiger partial charge >= 0.3 is 11.8 Å². The van der Waals surface area contributed by atoms with Gasteiger partial charge in [-0.2, -0.15) is 5.10 Å². The van der Waals surface area contributed by atoms with Crippen LogP contribution in [0.3, 0.4) is 0 Å². The largest absolute Gasteiger partial charge is 0.356 e. The molecule has 3 amide bonds. The lowest BCUT2D eigenvalue weighted by molar-refractivity contribution is -0.136. The van der Waals surface area contributed by atoms with Crippen LogP contribution in [0.15, 0.2) is 29.5 Å². The SMILES string of the molecule is CCCNC(=O)CC(C)=NNC(=O)C(=O)Nc1ccccn1. The molecule has 22 heavy (non-hydrogen) atoms. The number of carbonyl (C=O) groups excluding carboxylic acids is 3. The summed E-state index contributed by atoms with van der Waals surface area (Å²) < 4.78 is 0. The van der Waals surface area contributed by atoms with Gasteiger partial charge < -0.3 is 10.6 Å². The number of rotatable bonds is 6. The molecular weight excluding hydrogens is 286 g/mol. The van der Waals surface area contributed by atoms with Gasteiger partial charge in [-0.3, -0.25) is 14.4 Å². The number of hydrazone groups is 1. The average molecular weight is 305 g/mol. The molecule has 0 aliphatic rings. The van der Waals surface area contributed by atoms with Crippen molar-refractivity contribution in [3.05, 3.63) is 24.4 Å². The van der Waals surface area contributed by atoms with E-state index >= 15 is 0 Å². The summed E-state index contributed by atoms with van der Waals surface area (Å²) in [6, 6.07) is 4.92. The van der Waals surface area contributed by atoms with Crippen LogP contribution in [-0.4, -0.2) is 35.0 Å². The molecule has 118 valence electrons. The van der Waals surface area contributed by atoms with E-state index in [1.807, 2.05) is 6.92 Å². The van der Waals surface area contributed by atoms with Gasteiger partial charge in [0.05, 0.1) is 6.42 Å². The highest BCUT2D eigenvalue weighted by Crippen LogP contribution is 1.99. The van der Waals surface area contributed by atoms with Crippen molar-refractivity contribution in [2.45, 2.75) is 26.7 Å². The van der Waals surface area contributed by atoms with Gasteiger partial charge in [-0.05, 0) is 25.5 Å². The normalized spacial score (nSPS) is 10.7. The fraction of sp³-hybridized carbons (Fsp3) is 0.357. The molecule has 0 unspecified atom stereocenters. The summed E-state index contributed by atoms with van der Waals surface area (Å²) in [5, 5.41) is 8.72. The molecule has 3 N–H and O–H groups in total. The molecule has 0 radical (unpaired) electrons. The zero-order chi connectivity index (χ0) is 16.4. The van der Waals surface area contributed by atoms with Crippen molar-refractivity contribution in [2.24, 2.45) is 5.10 Å². The second kappa shape index (κ2) is 9.22. The summed E-state index contributed by atoms with van der Waals surface area (Å²) in [4.78, 5) is 38.4. The average Bonchev–Trinajstić information content (AvgIpc) is 2.51. The summed E-state index contributed by atoms with van der Waals surface area (Å²) in [6.45, 7) is 4.12. The van der Waals surface area contributed by atoms with Crippen LogP contribution in [0.25, 0.3) is 0 Å². The van der Waals surface area contributed by atoms with E-state index in [4.69, 9.17) is 0 Å². The van der Waals surface area contributed by atoms with Crippen LogP contribution in [0, 0.1) is 0 Å². The van der Waals surface area contributed by atoms with Crippen LogP contribution >= 0.6 is 0 Å². The molecule has 0 atom stereocenters. The summed E-state index contributed by atoms with van der Waals surface area (Å²) in [5.41, 5.74) is 2.49. The lowest BCUT2D eigenvalue weighted by Gasteiger charge is -2.04. The Balaban J connectivity index is 2.42. The maximum absolute atomic E-state index is 11.6. The van der Waals surface area contributed by atoms with Gasteiger partial charge in [0, 0.05) is 18.5 Å². The summed E-state index contributed by atoms with van der Waals surface area (Å²) >= 11 is 0. The topological polar surface area (TPSA) is 113 Å². The zero-order valence-corrected chi connectivity index (χ0v) is 12.5. The van der Waals surface area contributed by atoms with Crippen LogP contribution in [0.1, 0.15) is 26.7 Å². The molecule has 8 heteroatoms. The van der Waals surface area contributed by atoms with E-state index in [0.717, 1.165) is 6.42 Å². The number of hydrogen-bond acceptors (Lipinski definition) is 5. The first-order valence-corrected chi connectivity index (χ1v) is 6.85. The minimum Gasteiger partial charge on any atom is -0.356 e. The van der Waals surface area contributed by atoms with Gasteiger partial charge in [-0.1, -0.05) is 13.0 Å². The highest BCUT2D eigenvalue weighted by Gasteiger charge is 2.13. The standard InChI is InChI=1S/C14H19N5O3/c1-3-7-16-12(20)9-10(2)18-19-14(22)13(21)17-11-6-4-5-8-15-11/h4-6,8H,3,7,9H2,1-2H3,(H,16,20)(H,19,22)(H,15,17,21).